The molecule has 18 heavy (non-hydrogen) atoms. The summed E-state index contributed by atoms with van der Waals surface area (Å²) in [6.45, 7) is 4.67. The second-order valence-electron chi connectivity index (χ2n) is 5.28. The molecule has 1 aromatic rings. The molecule has 0 spiro atoms. The van der Waals surface area contributed by atoms with Gasteiger partial charge in [-0.1, -0.05) is 0 Å². The van der Waals surface area contributed by atoms with E-state index in [4.69, 9.17) is 4.74 Å². The summed E-state index contributed by atoms with van der Waals surface area (Å²) < 4.78 is 7.00. The van der Waals surface area contributed by atoms with Crippen LogP contribution in [0.1, 0.15) is 20.3 Å². The van der Waals surface area contributed by atoms with Crippen molar-refractivity contribution in [3.05, 3.63) is 30.3 Å². The molecule has 2 atom stereocenters. The first-order valence-electron chi connectivity index (χ1n) is 6.27. The molecule has 1 aromatic carbocycles. The van der Waals surface area contributed by atoms with Gasteiger partial charge in [0, 0.05) is 0 Å². The van der Waals surface area contributed by atoms with Crippen LogP contribution in [0.3, 0.4) is 0 Å². The summed E-state index contributed by atoms with van der Waals surface area (Å²) in [7, 11) is 0. The summed E-state index contributed by atoms with van der Waals surface area (Å²) in [6, 6.07) is 10.7. The molecular weight excluding hydrogens is 293 g/mol. The Morgan fingerprint density at radius 3 is 2.72 bits per heavy atom. The van der Waals surface area contributed by atoms with Gasteiger partial charge in [-0.25, -0.2) is 0 Å². The third-order valence-electron chi connectivity index (χ3n) is 3.59. The van der Waals surface area contributed by atoms with Crippen molar-refractivity contribution in [3.8, 4) is 0 Å². The summed E-state index contributed by atoms with van der Waals surface area (Å²) in [4.78, 5) is 14.6. The van der Waals surface area contributed by atoms with Crippen LogP contribution in [0.4, 0.5) is 0 Å². The number of benzene rings is 1. The molecule has 2 heterocycles. The normalized spacial score (nSPS) is 29.7. The van der Waals surface area contributed by atoms with E-state index in [2.05, 4.69) is 12.1 Å². The van der Waals surface area contributed by atoms with Crippen LogP contribution < -0.4 is 4.46 Å². The Labute approximate surface area is 114 Å². The van der Waals surface area contributed by atoms with Gasteiger partial charge in [0.1, 0.15) is 0 Å². The van der Waals surface area contributed by atoms with E-state index in [1.54, 1.807) is 0 Å². The Morgan fingerprint density at radius 1 is 1.33 bits per heavy atom. The van der Waals surface area contributed by atoms with Gasteiger partial charge in [-0.05, 0) is 0 Å². The Morgan fingerprint density at radius 2 is 2.06 bits per heavy atom. The molecule has 0 N–H and O–H groups in total. The molecule has 3 nitrogen and oxygen atoms in total. The molecular formula is C14H17NO2Se. The summed E-state index contributed by atoms with van der Waals surface area (Å²) in [6.07, 6.45) is 0.956. The van der Waals surface area contributed by atoms with E-state index < -0.39 is 5.72 Å². The minimum absolute atomic E-state index is 0.188. The topological polar surface area (TPSA) is 29.5 Å². The predicted octanol–water partition coefficient (Wildman–Crippen LogP) is 1.17. The van der Waals surface area contributed by atoms with Gasteiger partial charge >= 0.3 is 114 Å². The average molecular weight is 310 g/mol. The molecule has 2 fully saturated rings. The molecule has 0 saturated carbocycles. The molecule has 3 rings (SSSR count). The quantitative estimate of drug-likeness (QED) is 0.768. The zero-order valence-corrected chi connectivity index (χ0v) is 12.3. The van der Waals surface area contributed by atoms with E-state index in [0.29, 0.717) is 12.6 Å². The van der Waals surface area contributed by atoms with Crippen molar-refractivity contribution in [1.82, 2.24) is 4.90 Å². The summed E-state index contributed by atoms with van der Waals surface area (Å²) in [5.41, 5.74) is -0.413. The van der Waals surface area contributed by atoms with Crippen molar-refractivity contribution in [2.24, 2.45) is 0 Å². The molecule has 2 aliphatic heterocycles. The molecule has 2 aliphatic rings. The van der Waals surface area contributed by atoms with Gasteiger partial charge in [-0.15, -0.1) is 0 Å². The Hall–Kier alpha value is -0.831. The molecule has 0 aromatic heterocycles. The maximum absolute atomic E-state index is 12.5. The maximum atomic E-state index is 12.5. The molecule has 0 radical (unpaired) electrons. The van der Waals surface area contributed by atoms with Crippen LogP contribution in [0.2, 0.25) is 4.82 Å². The fraction of sp³-hybridized carbons (Fsp3) is 0.500. The Balaban J connectivity index is 1.76. The molecule has 1 unspecified atom stereocenters. The monoisotopic (exact) mass is 311 g/mol. The first kappa shape index (κ1) is 12.2. The van der Waals surface area contributed by atoms with Gasteiger partial charge in [0.05, 0.1) is 0 Å². The first-order valence-corrected chi connectivity index (χ1v) is 8.11. The summed E-state index contributed by atoms with van der Waals surface area (Å²) >= 11 is 0.235. The van der Waals surface area contributed by atoms with E-state index in [0.717, 1.165) is 6.42 Å². The number of amides is 1. The molecule has 0 bridgehead atoms. The van der Waals surface area contributed by atoms with Crippen molar-refractivity contribution in [2.75, 3.05) is 6.61 Å². The van der Waals surface area contributed by atoms with Crippen molar-refractivity contribution >= 4 is 25.3 Å². The molecule has 1 amide bonds. The first-order chi connectivity index (χ1) is 8.58. The van der Waals surface area contributed by atoms with E-state index >= 15 is 0 Å². The number of rotatable bonds is 2. The van der Waals surface area contributed by atoms with Gasteiger partial charge in [-0.3, -0.25) is 0 Å². The fourth-order valence-corrected chi connectivity index (χ4v) is 5.23. The molecule has 96 valence electrons. The van der Waals surface area contributed by atoms with E-state index in [1.165, 1.54) is 4.46 Å². The van der Waals surface area contributed by atoms with Crippen LogP contribution in [0.5, 0.6) is 0 Å². The third kappa shape index (κ3) is 1.99. The Kier molecular flexibility index (Phi) is 2.97. The number of hydrogen-bond acceptors (Lipinski definition) is 2. The number of carbonyl (C=O) groups excluding carboxylic acids is 1. The summed E-state index contributed by atoms with van der Waals surface area (Å²) in [5.74, 6) is 0.284. The average Bonchev–Trinajstić information content (AvgIpc) is 2.81. The van der Waals surface area contributed by atoms with Crippen LogP contribution in [-0.2, 0) is 9.53 Å². The van der Waals surface area contributed by atoms with Crippen molar-refractivity contribution in [3.63, 3.8) is 0 Å². The molecule has 4 heteroatoms. The minimum atomic E-state index is -0.413. The molecule has 2 saturated heterocycles. The van der Waals surface area contributed by atoms with Gasteiger partial charge in [-0.2, -0.15) is 0 Å². The van der Waals surface area contributed by atoms with Crippen LogP contribution >= 0.6 is 0 Å². The van der Waals surface area contributed by atoms with Crippen LogP contribution in [0, 0.1) is 0 Å². The number of ether oxygens (including phenoxy) is 1. The van der Waals surface area contributed by atoms with Gasteiger partial charge in [0.2, 0.25) is 0 Å². The standard InChI is InChI=1S/C14H17NO2Se/c1-14(2)15-10(9-17-14)8-12(13(15)16)18-11-6-4-3-5-7-11/h3-7,10,12H,8-9H2,1-2H3/t10-,12?/m1/s1. The zero-order valence-electron chi connectivity index (χ0n) is 10.6. The number of carbonyl (C=O) groups is 1. The van der Waals surface area contributed by atoms with Crippen molar-refractivity contribution in [2.45, 2.75) is 36.9 Å². The molecule has 0 aliphatic carbocycles. The third-order valence-corrected chi connectivity index (χ3v) is 6.16. The van der Waals surface area contributed by atoms with E-state index in [9.17, 15) is 4.79 Å². The SMILES string of the molecule is CC1(C)OC[C@H]2CC([Se]c3ccccc3)C(=O)N21. The van der Waals surface area contributed by atoms with E-state index in [1.807, 2.05) is 36.9 Å². The second-order valence-corrected chi connectivity index (χ2v) is 7.95. The predicted molar refractivity (Wildman–Crippen MR) is 70.9 cm³/mol. The van der Waals surface area contributed by atoms with Crippen LogP contribution in [-0.4, -0.2) is 44.1 Å². The second kappa shape index (κ2) is 4.37. The van der Waals surface area contributed by atoms with Crippen LogP contribution in [0.25, 0.3) is 0 Å². The zero-order chi connectivity index (χ0) is 12.8. The van der Waals surface area contributed by atoms with Gasteiger partial charge < -0.3 is 0 Å². The van der Waals surface area contributed by atoms with Crippen molar-refractivity contribution < 1.29 is 9.53 Å². The fourth-order valence-electron chi connectivity index (χ4n) is 2.77. The van der Waals surface area contributed by atoms with Crippen molar-refractivity contribution in [1.29, 1.82) is 0 Å². The van der Waals surface area contributed by atoms with Gasteiger partial charge in [0.15, 0.2) is 0 Å². The number of hydrogen-bond donors (Lipinski definition) is 0. The summed E-state index contributed by atoms with van der Waals surface area (Å²) in [5, 5.41) is 0. The number of fused-ring (bicyclic) bond motifs is 1. The number of nitrogens with zero attached hydrogens (tertiary/aromatic N) is 1. The van der Waals surface area contributed by atoms with Gasteiger partial charge in [0.25, 0.3) is 0 Å². The van der Waals surface area contributed by atoms with Crippen LogP contribution in [0.15, 0.2) is 30.3 Å². The Bertz CT molecular complexity index is 460. The van der Waals surface area contributed by atoms with E-state index in [-0.39, 0.29) is 25.7 Å².